The number of thiazole rings is 1. The molecule has 6 nitrogen and oxygen atoms in total. The van der Waals surface area contributed by atoms with Crippen LogP contribution in [0.1, 0.15) is 6.92 Å². The van der Waals surface area contributed by atoms with E-state index in [4.69, 9.17) is 10.2 Å². The van der Waals surface area contributed by atoms with Gasteiger partial charge in [-0.3, -0.25) is 4.57 Å². The van der Waals surface area contributed by atoms with Crippen molar-refractivity contribution in [3.63, 3.8) is 0 Å². The lowest BCUT2D eigenvalue weighted by atomic mass is 10.4. The number of nitrogens with two attached hydrogens (primary N) is 1. The van der Waals surface area contributed by atoms with Crippen molar-refractivity contribution in [1.29, 1.82) is 0 Å². The van der Waals surface area contributed by atoms with Gasteiger partial charge in [0.15, 0.2) is 10.9 Å². The molecule has 2 aromatic rings. The molecule has 0 atom stereocenters. The van der Waals surface area contributed by atoms with Crippen LogP contribution in [0, 0.1) is 0 Å². The van der Waals surface area contributed by atoms with Crippen LogP contribution in [-0.2, 0) is 4.57 Å². The fraction of sp³-hybridized carbons (Fsp3) is 0.222. The molecule has 0 saturated heterocycles. The van der Waals surface area contributed by atoms with Gasteiger partial charge in [0.05, 0.1) is 10.5 Å². The maximum Gasteiger partial charge on any atom is 0.360 e. The van der Waals surface area contributed by atoms with Crippen molar-refractivity contribution >= 4 is 41.1 Å². The highest BCUT2D eigenvalue weighted by Gasteiger charge is 2.28. The zero-order valence-electron chi connectivity index (χ0n) is 9.36. The Morgan fingerprint density at radius 2 is 2.33 bits per heavy atom. The molecular formula is C9H11N2O4PS2. The van der Waals surface area contributed by atoms with Crippen LogP contribution in [0.5, 0.6) is 0 Å². The van der Waals surface area contributed by atoms with Crippen molar-refractivity contribution in [3.8, 4) is 11.5 Å². The molecule has 0 radical (unpaired) electrons. The fourth-order valence-corrected chi connectivity index (χ4v) is 4.03. The SMILES string of the molecule is CCSc1sc(N)nc1-c1occc1P(=O)(O)O. The summed E-state index contributed by atoms with van der Waals surface area (Å²) < 4.78 is 17.3. The maximum atomic E-state index is 11.3. The molecule has 0 aliphatic rings. The van der Waals surface area contributed by atoms with Crippen molar-refractivity contribution in [1.82, 2.24) is 4.98 Å². The number of furan rings is 1. The first kappa shape index (κ1) is 13.6. The van der Waals surface area contributed by atoms with Gasteiger partial charge in [-0.05, 0) is 11.8 Å². The minimum atomic E-state index is -4.38. The van der Waals surface area contributed by atoms with Gasteiger partial charge in [-0.25, -0.2) is 4.98 Å². The molecule has 0 aliphatic heterocycles. The van der Waals surface area contributed by atoms with E-state index in [2.05, 4.69) is 4.98 Å². The lowest BCUT2D eigenvalue weighted by molar-refractivity contribution is 0.387. The third kappa shape index (κ3) is 2.62. The van der Waals surface area contributed by atoms with E-state index in [-0.39, 0.29) is 11.1 Å². The minimum absolute atomic E-state index is 0.0900. The summed E-state index contributed by atoms with van der Waals surface area (Å²) in [6, 6.07) is 1.26. The molecule has 98 valence electrons. The summed E-state index contributed by atoms with van der Waals surface area (Å²) in [5, 5.41) is 0.180. The van der Waals surface area contributed by atoms with E-state index in [0.717, 1.165) is 9.96 Å². The highest BCUT2D eigenvalue weighted by atomic mass is 32.2. The second kappa shape index (κ2) is 5.07. The van der Waals surface area contributed by atoms with E-state index in [1.807, 2.05) is 6.92 Å². The smallest absolute Gasteiger partial charge is 0.360 e. The Morgan fingerprint density at radius 3 is 2.94 bits per heavy atom. The number of anilines is 1. The number of nitrogen functional groups attached to an aromatic ring is 1. The normalized spacial score (nSPS) is 11.9. The lowest BCUT2D eigenvalue weighted by Crippen LogP contribution is -2.04. The van der Waals surface area contributed by atoms with E-state index < -0.39 is 7.60 Å². The molecule has 0 unspecified atom stereocenters. The molecule has 2 heterocycles. The number of thioether (sulfide) groups is 1. The average Bonchev–Trinajstić information content (AvgIpc) is 2.83. The molecule has 2 aromatic heterocycles. The molecule has 0 bridgehead atoms. The van der Waals surface area contributed by atoms with Crippen molar-refractivity contribution < 1.29 is 18.8 Å². The Bertz CT molecular complexity index is 603. The van der Waals surface area contributed by atoms with E-state index in [1.165, 1.54) is 35.4 Å². The van der Waals surface area contributed by atoms with Crippen LogP contribution in [0.2, 0.25) is 0 Å². The summed E-state index contributed by atoms with van der Waals surface area (Å²) in [5.74, 6) is 0.896. The largest absolute Gasteiger partial charge is 0.462 e. The molecule has 4 N–H and O–H groups in total. The van der Waals surface area contributed by atoms with Gasteiger partial charge in [0.25, 0.3) is 0 Å². The highest BCUT2D eigenvalue weighted by Crippen LogP contribution is 2.42. The van der Waals surface area contributed by atoms with Gasteiger partial charge in [0.2, 0.25) is 0 Å². The van der Waals surface area contributed by atoms with Gasteiger partial charge in [0.1, 0.15) is 11.0 Å². The Balaban J connectivity index is 2.56. The van der Waals surface area contributed by atoms with E-state index in [0.29, 0.717) is 10.8 Å². The van der Waals surface area contributed by atoms with Gasteiger partial charge in [0, 0.05) is 0 Å². The van der Waals surface area contributed by atoms with Gasteiger partial charge >= 0.3 is 7.60 Å². The number of hydrogen-bond donors (Lipinski definition) is 3. The van der Waals surface area contributed by atoms with Crippen LogP contribution in [0.15, 0.2) is 21.0 Å². The van der Waals surface area contributed by atoms with Crippen LogP contribution in [0.25, 0.3) is 11.5 Å². The fourth-order valence-electron chi connectivity index (χ4n) is 1.40. The van der Waals surface area contributed by atoms with Crippen molar-refractivity contribution in [2.45, 2.75) is 11.1 Å². The summed E-state index contributed by atoms with van der Waals surface area (Å²) in [4.78, 5) is 22.6. The number of hydrogen-bond acceptors (Lipinski definition) is 6. The van der Waals surface area contributed by atoms with E-state index >= 15 is 0 Å². The van der Waals surface area contributed by atoms with Crippen LogP contribution in [0.3, 0.4) is 0 Å². The second-order valence-corrected chi connectivity index (χ2v) is 7.43. The van der Waals surface area contributed by atoms with E-state index in [1.54, 1.807) is 0 Å². The summed E-state index contributed by atoms with van der Waals surface area (Å²) in [5.41, 5.74) is 6.03. The summed E-state index contributed by atoms with van der Waals surface area (Å²) in [6.45, 7) is 1.97. The molecule has 0 saturated carbocycles. The second-order valence-electron chi connectivity index (χ2n) is 3.30. The summed E-state index contributed by atoms with van der Waals surface area (Å²) in [7, 11) is -4.38. The van der Waals surface area contributed by atoms with Crippen LogP contribution < -0.4 is 11.0 Å². The zero-order valence-corrected chi connectivity index (χ0v) is 11.9. The maximum absolute atomic E-state index is 11.3. The molecule has 0 amide bonds. The molecule has 18 heavy (non-hydrogen) atoms. The van der Waals surface area contributed by atoms with Crippen molar-refractivity contribution in [3.05, 3.63) is 12.3 Å². The van der Waals surface area contributed by atoms with Gasteiger partial charge < -0.3 is 19.9 Å². The number of rotatable bonds is 4. The zero-order chi connectivity index (χ0) is 13.3. The predicted octanol–water partition coefficient (Wildman–Crippen LogP) is 1.90. The Labute approximate surface area is 111 Å². The van der Waals surface area contributed by atoms with Crippen LogP contribution in [0.4, 0.5) is 5.13 Å². The minimum Gasteiger partial charge on any atom is -0.462 e. The third-order valence-corrected chi connectivity index (χ3v) is 5.07. The Morgan fingerprint density at radius 1 is 1.61 bits per heavy atom. The first-order valence-electron chi connectivity index (χ1n) is 4.96. The quantitative estimate of drug-likeness (QED) is 0.584. The number of aromatic nitrogens is 1. The summed E-state index contributed by atoms with van der Waals surface area (Å²) in [6.07, 6.45) is 1.24. The third-order valence-electron chi connectivity index (χ3n) is 2.06. The molecule has 2 rings (SSSR count). The predicted molar refractivity (Wildman–Crippen MR) is 72.3 cm³/mol. The standard InChI is InChI=1S/C9H11N2O4PS2/c1-2-17-8-6(11-9(10)18-8)7-5(3-4-15-7)16(12,13)14/h3-4H,2H2,1H3,(H2,10,11)(H2,12,13,14). The first-order valence-corrected chi connectivity index (χ1v) is 8.38. The topological polar surface area (TPSA) is 110 Å². The molecule has 9 heteroatoms. The molecule has 0 fully saturated rings. The summed E-state index contributed by atoms with van der Waals surface area (Å²) >= 11 is 2.78. The Kier molecular flexibility index (Phi) is 3.84. The van der Waals surface area contributed by atoms with Gasteiger partial charge in [-0.15, -0.1) is 11.8 Å². The molecule has 0 aromatic carbocycles. The molecule has 0 aliphatic carbocycles. The van der Waals surface area contributed by atoms with Gasteiger partial charge in [-0.1, -0.05) is 18.3 Å². The van der Waals surface area contributed by atoms with Crippen molar-refractivity contribution in [2.24, 2.45) is 0 Å². The lowest BCUT2D eigenvalue weighted by Gasteiger charge is -2.03. The Hall–Kier alpha value is -0.790. The molecule has 0 spiro atoms. The highest BCUT2D eigenvalue weighted by molar-refractivity contribution is 8.01. The number of nitrogens with zero attached hydrogens (tertiary/aromatic N) is 1. The van der Waals surface area contributed by atoms with E-state index in [9.17, 15) is 14.4 Å². The van der Waals surface area contributed by atoms with Crippen molar-refractivity contribution in [2.75, 3.05) is 11.5 Å². The monoisotopic (exact) mass is 306 g/mol. The first-order chi connectivity index (χ1) is 8.43. The molecular weight excluding hydrogens is 295 g/mol. The average molecular weight is 306 g/mol. The van der Waals surface area contributed by atoms with Crippen LogP contribution in [-0.4, -0.2) is 20.5 Å². The van der Waals surface area contributed by atoms with Gasteiger partial charge in [-0.2, -0.15) is 0 Å². The van der Waals surface area contributed by atoms with Crippen LogP contribution >= 0.6 is 30.7 Å².